The lowest BCUT2D eigenvalue weighted by Gasteiger charge is -2.10. The van der Waals surface area contributed by atoms with Crippen LogP contribution in [-0.4, -0.2) is 19.3 Å². The summed E-state index contributed by atoms with van der Waals surface area (Å²) in [6.07, 6.45) is 0. The zero-order valence-corrected chi connectivity index (χ0v) is 27.3. The molecule has 226 valence electrons. The molecule has 1 N–H and O–H groups in total. The van der Waals surface area contributed by atoms with Crippen molar-refractivity contribution >= 4 is 87.2 Å². The number of ether oxygens (including phenoxy) is 2. The van der Waals surface area contributed by atoms with Crippen LogP contribution in [0.15, 0.2) is 109 Å². The highest BCUT2D eigenvalue weighted by atomic mass is 36.0. The van der Waals surface area contributed by atoms with Gasteiger partial charge in [-0.3, -0.25) is 0 Å². The van der Waals surface area contributed by atoms with E-state index in [1.165, 1.54) is 0 Å². The van der Waals surface area contributed by atoms with Crippen molar-refractivity contribution in [2.24, 2.45) is 0 Å². The fourth-order valence-electron chi connectivity index (χ4n) is 3.96. The third-order valence-corrected chi connectivity index (χ3v) is 6.80. The van der Waals surface area contributed by atoms with Gasteiger partial charge in [0.2, 0.25) is 21.0 Å². The van der Waals surface area contributed by atoms with Gasteiger partial charge < -0.3 is 14.6 Å². The highest BCUT2D eigenvalue weighted by molar-refractivity contribution is 8.26. The summed E-state index contributed by atoms with van der Waals surface area (Å²) >= 11 is 18.3. The van der Waals surface area contributed by atoms with Gasteiger partial charge in [0.1, 0.15) is 11.5 Å². The molecular weight excluding hydrogens is 686 g/mol. The van der Waals surface area contributed by atoms with Gasteiger partial charge in [-0.1, -0.05) is 83.9 Å². The van der Waals surface area contributed by atoms with E-state index < -0.39 is 9.23 Å². The fraction of sp³-hybridized carbons (Fsp3) is 0.0625. The van der Waals surface area contributed by atoms with Gasteiger partial charge in [-0.2, -0.15) is 0 Å². The maximum absolute atomic E-state index is 9.47. The Hall–Kier alpha value is -3.14. The van der Waals surface area contributed by atoms with Gasteiger partial charge in [0.15, 0.2) is 0 Å². The number of alkyl halides is 1. The number of aromatic nitrogens is 2. The number of halogens is 5. The summed E-state index contributed by atoms with van der Waals surface area (Å²) in [4.78, 5) is 8.93. The van der Waals surface area contributed by atoms with Gasteiger partial charge in [-0.25, -0.2) is 14.2 Å². The van der Waals surface area contributed by atoms with Gasteiger partial charge >= 0.3 is 0 Å². The molecule has 0 spiro atoms. The Bertz CT molecular complexity index is 1730. The third kappa shape index (κ3) is 9.43. The Kier molecular flexibility index (Phi) is 12.9. The van der Waals surface area contributed by atoms with Crippen molar-refractivity contribution in [2.45, 2.75) is 12.5 Å². The van der Waals surface area contributed by atoms with Crippen molar-refractivity contribution in [3.63, 3.8) is 0 Å². The summed E-state index contributed by atoms with van der Waals surface area (Å²) in [7, 11) is 7.36. The van der Waals surface area contributed by atoms with Crippen LogP contribution in [0.25, 0.3) is 21.8 Å². The molecule has 0 unspecified atom stereocenters. The molecule has 6 nitrogen and oxygen atoms in total. The number of aliphatic hydroxyl groups is 1. The van der Waals surface area contributed by atoms with Crippen molar-refractivity contribution in [2.75, 3.05) is 0 Å². The van der Waals surface area contributed by atoms with Crippen LogP contribution in [0.2, 0.25) is 10.0 Å². The largest absolute Gasteiger partial charge is 0.439 e. The molecule has 0 amide bonds. The van der Waals surface area contributed by atoms with Crippen molar-refractivity contribution in [3.8, 4) is 23.3 Å². The molecule has 6 rings (SSSR count). The van der Waals surface area contributed by atoms with Gasteiger partial charge in [0, 0.05) is 43.3 Å². The van der Waals surface area contributed by atoms with Crippen LogP contribution >= 0.6 is 56.2 Å². The Labute approximate surface area is 280 Å². The molecule has 0 atom stereocenters. The predicted octanol–water partition coefficient (Wildman–Crippen LogP) is 10.6. The van der Waals surface area contributed by atoms with E-state index in [0.29, 0.717) is 50.0 Å². The highest BCUT2D eigenvalue weighted by Crippen LogP contribution is 2.32. The molecule has 6 aromatic rings. The minimum Gasteiger partial charge on any atom is -0.439 e. The Morgan fingerprint density at radius 3 is 1.45 bits per heavy atom. The number of aliphatic hydroxyl groups excluding tert-OH is 1. The maximum atomic E-state index is 9.47. The first-order chi connectivity index (χ1) is 21.3. The second-order valence-corrected chi connectivity index (χ2v) is 12.4. The molecule has 0 aliphatic carbocycles. The van der Waals surface area contributed by atoms with Gasteiger partial charge in [0.05, 0.1) is 33.6 Å². The summed E-state index contributed by atoms with van der Waals surface area (Å²) in [5.41, 5.74) is 2.85. The van der Waals surface area contributed by atoms with Crippen molar-refractivity contribution in [1.29, 1.82) is 0 Å². The standard InChI is InChI=1S/C16H11Cl2NO.C16H12ClNO2.Cl2OS/c17-10-12-9-11-5-4-8-14(18)15(11)19-16(12)20-13-6-2-1-3-7-13;17-14-8-4-5-11-9-12(10-19)16(18-15(11)14)20-13-6-2-1-3-7-13;1-4(2)3/h1-9H,10H2;1-9,19H,10H2;. The third-order valence-electron chi connectivity index (χ3n) is 5.90. The quantitative estimate of drug-likeness (QED) is 0.137. The number of fused-ring (bicyclic) bond motifs is 2. The van der Waals surface area contributed by atoms with Crippen LogP contribution in [-0.2, 0) is 21.7 Å². The number of hydrogen-bond acceptors (Lipinski definition) is 6. The van der Waals surface area contributed by atoms with E-state index in [-0.39, 0.29) is 6.61 Å². The lowest BCUT2D eigenvalue weighted by molar-refractivity contribution is 0.275. The van der Waals surface area contributed by atoms with E-state index in [2.05, 4.69) is 31.3 Å². The molecule has 0 saturated carbocycles. The molecule has 12 heteroatoms. The molecule has 0 fully saturated rings. The maximum Gasteiger partial charge on any atom is 0.225 e. The lowest BCUT2D eigenvalue weighted by atomic mass is 10.1. The summed E-state index contributed by atoms with van der Waals surface area (Å²) in [6, 6.07) is 33.8. The van der Waals surface area contributed by atoms with E-state index in [1.807, 2.05) is 103 Å². The van der Waals surface area contributed by atoms with Crippen LogP contribution < -0.4 is 9.47 Å². The van der Waals surface area contributed by atoms with E-state index in [4.69, 9.17) is 48.5 Å². The van der Waals surface area contributed by atoms with Crippen LogP contribution in [0.3, 0.4) is 0 Å². The van der Waals surface area contributed by atoms with Crippen LogP contribution in [0.4, 0.5) is 0 Å². The molecule has 0 aliphatic heterocycles. The predicted molar refractivity (Wildman–Crippen MR) is 182 cm³/mol. The minimum absolute atomic E-state index is 0.141. The topological polar surface area (TPSA) is 81.5 Å². The first-order valence-corrected chi connectivity index (χ1v) is 16.9. The smallest absolute Gasteiger partial charge is 0.225 e. The summed E-state index contributed by atoms with van der Waals surface area (Å²) in [5.74, 6) is 2.59. The number of rotatable bonds is 6. The minimum atomic E-state index is -1.67. The Morgan fingerprint density at radius 1 is 0.636 bits per heavy atom. The first kappa shape index (κ1) is 33.7. The fourth-order valence-corrected chi connectivity index (χ4v) is 4.60. The average Bonchev–Trinajstić information content (AvgIpc) is 3.02. The van der Waals surface area contributed by atoms with Crippen LogP contribution in [0, 0.1) is 0 Å². The number of pyridine rings is 2. The van der Waals surface area contributed by atoms with E-state index >= 15 is 0 Å². The number of para-hydroxylation sites is 4. The van der Waals surface area contributed by atoms with Crippen molar-refractivity contribution < 1.29 is 18.8 Å². The lowest BCUT2D eigenvalue weighted by Crippen LogP contribution is -1.96. The van der Waals surface area contributed by atoms with Crippen LogP contribution in [0.5, 0.6) is 23.3 Å². The van der Waals surface area contributed by atoms with Gasteiger partial charge in [0.25, 0.3) is 0 Å². The molecule has 0 radical (unpaired) electrons. The zero-order valence-electron chi connectivity index (χ0n) is 22.7. The molecule has 0 saturated heterocycles. The molecule has 2 aromatic heterocycles. The van der Waals surface area contributed by atoms with E-state index in [1.54, 1.807) is 6.07 Å². The van der Waals surface area contributed by atoms with Crippen molar-refractivity contribution in [1.82, 2.24) is 9.97 Å². The van der Waals surface area contributed by atoms with E-state index in [0.717, 1.165) is 22.1 Å². The summed E-state index contributed by atoms with van der Waals surface area (Å²) < 4.78 is 20.6. The highest BCUT2D eigenvalue weighted by Gasteiger charge is 2.12. The molecule has 44 heavy (non-hydrogen) atoms. The second kappa shape index (κ2) is 16.8. The van der Waals surface area contributed by atoms with Gasteiger partial charge in [-0.15, -0.1) is 11.6 Å². The van der Waals surface area contributed by atoms with Crippen LogP contribution in [0.1, 0.15) is 11.1 Å². The SMILES string of the molecule is ClCc1cc2cccc(Cl)c2nc1Oc1ccccc1.O=S(Cl)Cl.OCc1cc2cccc(Cl)c2nc1Oc1ccccc1. The first-order valence-electron chi connectivity index (χ1n) is 12.8. The summed E-state index contributed by atoms with van der Waals surface area (Å²) in [5, 5.41) is 12.5. The molecule has 4 aromatic carbocycles. The molecular formula is C32H23Cl5N2O4S. The molecule has 0 aliphatic rings. The molecule has 0 bridgehead atoms. The van der Waals surface area contributed by atoms with E-state index in [9.17, 15) is 5.11 Å². The number of benzene rings is 4. The second-order valence-electron chi connectivity index (χ2n) is 8.83. The average molecular weight is 709 g/mol. The normalized spacial score (nSPS) is 10.5. The Morgan fingerprint density at radius 2 is 1.05 bits per heavy atom. The summed E-state index contributed by atoms with van der Waals surface area (Å²) in [6.45, 7) is -0.141. The van der Waals surface area contributed by atoms with Gasteiger partial charge in [-0.05, 0) is 48.5 Å². The number of nitrogens with zero attached hydrogens (tertiary/aromatic N) is 2. The zero-order chi connectivity index (χ0) is 31.5. The number of hydrogen-bond donors (Lipinski definition) is 1. The molecule has 2 heterocycles. The Balaban J connectivity index is 0.000000179. The monoisotopic (exact) mass is 706 g/mol. The van der Waals surface area contributed by atoms with Crippen molar-refractivity contribution in [3.05, 3.63) is 130 Å².